The van der Waals surface area contributed by atoms with Crippen LogP contribution in [0.4, 0.5) is 17.6 Å². The molecule has 0 saturated heterocycles. The summed E-state index contributed by atoms with van der Waals surface area (Å²) in [6, 6.07) is 14.5. The van der Waals surface area contributed by atoms with Gasteiger partial charge in [-0.3, -0.25) is 4.99 Å². The number of halogens is 4. The highest BCUT2D eigenvalue weighted by Gasteiger charge is 2.32. The number of benzene rings is 3. The van der Waals surface area contributed by atoms with Crippen LogP contribution in [0.3, 0.4) is 0 Å². The SMILES string of the molecule is Fc1cccc([C@H]2NC(Cc3ccc(F)cc3F)=N[C@H]2c2cccc(F)c2)c1. The lowest BCUT2D eigenvalue weighted by Gasteiger charge is -2.20. The number of hydrogen-bond donors (Lipinski definition) is 1. The van der Waals surface area contributed by atoms with E-state index in [9.17, 15) is 17.6 Å². The van der Waals surface area contributed by atoms with E-state index in [1.54, 1.807) is 24.3 Å². The highest BCUT2D eigenvalue weighted by Crippen LogP contribution is 2.37. The lowest BCUT2D eigenvalue weighted by molar-refractivity contribution is 0.554. The summed E-state index contributed by atoms with van der Waals surface area (Å²) in [7, 11) is 0. The van der Waals surface area contributed by atoms with Gasteiger partial charge in [-0.15, -0.1) is 0 Å². The lowest BCUT2D eigenvalue weighted by Crippen LogP contribution is -2.26. The Balaban J connectivity index is 1.69. The van der Waals surface area contributed by atoms with Crippen molar-refractivity contribution in [1.29, 1.82) is 0 Å². The molecule has 0 aromatic heterocycles. The largest absolute Gasteiger partial charge is 0.364 e. The summed E-state index contributed by atoms with van der Waals surface area (Å²) in [5, 5.41) is 3.19. The molecule has 1 aliphatic rings. The molecule has 0 fully saturated rings. The molecule has 0 saturated carbocycles. The van der Waals surface area contributed by atoms with Gasteiger partial charge >= 0.3 is 0 Å². The van der Waals surface area contributed by atoms with Gasteiger partial charge in [0, 0.05) is 12.5 Å². The Morgan fingerprint density at radius 3 is 2.07 bits per heavy atom. The second kappa shape index (κ2) is 7.46. The van der Waals surface area contributed by atoms with Crippen molar-refractivity contribution in [2.45, 2.75) is 18.5 Å². The summed E-state index contributed by atoms with van der Waals surface area (Å²) >= 11 is 0. The molecule has 4 rings (SSSR count). The molecule has 0 spiro atoms. The zero-order valence-electron chi connectivity index (χ0n) is 14.7. The van der Waals surface area contributed by atoms with E-state index in [-0.39, 0.29) is 12.0 Å². The van der Waals surface area contributed by atoms with E-state index in [1.165, 1.54) is 36.4 Å². The molecule has 3 aromatic rings. The number of hydrogen-bond acceptors (Lipinski definition) is 2. The van der Waals surface area contributed by atoms with Gasteiger partial charge in [0.05, 0.1) is 6.04 Å². The first-order valence-corrected chi connectivity index (χ1v) is 8.77. The number of rotatable bonds is 4. The minimum absolute atomic E-state index is 0.115. The number of nitrogens with one attached hydrogen (secondary N) is 1. The third kappa shape index (κ3) is 3.76. The topological polar surface area (TPSA) is 24.4 Å². The van der Waals surface area contributed by atoms with Gasteiger partial charge in [0.2, 0.25) is 0 Å². The fourth-order valence-electron chi connectivity index (χ4n) is 3.40. The van der Waals surface area contributed by atoms with Crippen LogP contribution in [0.2, 0.25) is 0 Å². The number of aliphatic imine (C=N–C) groups is 1. The molecule has 142 valence electrons. The molecule has 1 aliphatic heterocycles. The molecule has 0 amide bonds. The van der Waals surface area contributed by atoms with Gasteiger partial charge < -0.3 is 5.32 Å². The van der Waals surface area contributed by atoms with Crippen LogP contribution in [0.5, 0.6) is 0 Å². The highest BCUT2D eigenvalue weighted by molar-refractivity contribution is 5.87. The van der Waals surface area contributed by atoms with E-state index in [1.807, 2.05) is 0 Å². The van der Waals surface area contributed by atoms with Crippen LogP contribution in [0.15, 0.2) is 71.7 Å². The van der Waals surface area contributed by atoms with Gasteiger partial charge in [-0.25, -0.2) is 17.6 Å². The summed E-state index contributed by atoms with van der Waals surface area (Å²) in [6.07, 6.45) is 0.115. The molecule has 1 heterocycles. The Labute approximate surface area is 159 Å². The van der Waals surface area contributed by atoms with Gasteiger partial charge in [0.1, 0.15) is 35.1 Å². The second-order valence-corrected chi connectivity index (χ2v) is 6.67. The second-order valence-electron chi connectivity index (χ2n) is 6.67. The van der Waals surface area contributed by atoms with Gasteiger partial charge in [-0.2, -0.15) is 0 Å². The molecular weight excluding hydrogens is 368 g/mol. The normalized spacial score (nSPS) is 18.6. The monoisotopic (exact) mass is 384 g/mol. The van der Waals surface area contributed by atoms with E-state index >= 15 is 0 Å². The van der Waals surface area contributed by atoms with Crippen LogP contribution in [0, 0.1) is 23.3 Å². The van der Waals surface area contributed by atoms with Gasteiger partial charge in [-0.05, 0) is 47.0 Å². The van der Waals surface area contributed by atoms with Crippen molar-refractivity contribution in [3.63, 3.8) is 0 Å². The molecule has 0 unspecified atom stereocenters. The third-order valence-corrected chi connectivity index (χ3v) is 4.70. The Hall–Kier alpha value is -3.15. The van der Waals surface area contributed by atoms with Crippen molar-refractivity contribution in [3.8, 4) is 0 Å². The highest BCUT2D eigenvalue weighted by atomic mass is 19.1. The molecule has 0 aliphatic carbocycles. The molecule has 0 bridgehead atoms. The Morgan fingerprint density at radius 2 is 1.39 bits per heavy atom. The van der Waals surface area contributed by atoms with E-state index in [0.717, 1.165) is 6.07 Å². The molecular formula is C22H16F4N2. The zero-order chi connectivity index (χ0) is 19.7. The number of nitrogens with zero attached hydrogens (tertiary/aromatic N) is 1. The average molecular weight is 384 g/mol. The Bertz CT molecular complexity index is 1050. The van der Waals surface area contributed by atoms with E-state index in [2.05, 4.69) is 10.3 Å². The van der Waals surface area contributed by atoms with Gasteiger partial charge in [0.25, 0.3) is 0 Å². The molecule has 0 radical (unpaired) electrons. The van der Waals surface area contributed by atoms with Crippen LogP contribution in [-0.4, -0.2) is 5.84 Å². The van der Waals surface area contributed by atoms with Crippen molar-refractivity contribution < 1.29 is 17.6 Å². The fraction of sp³-hybridized carbons (Fsp3) is 0.136. The van der Waals surface area contributed by atoms with Crippen molar-refractivity contribution in [1.82, 2.24) is 5.32 Å². The molecule has 2 nitrogen and oxygen atoms in total. The zero-order valence-corrected chi connectivity index (χ0v) is 14.7. The maximum absolute atomic E-state index is 14.0. The maximum atomic E-state index is 14.0. The Kier molecular flexibility index (Phi) is 4.86. The van der Waals surface area contributed by atoms with Gasteiger partial charge in [-0.1, -0.05) is 30.3 Å². The van der Waals surface area contributed by atoms with Crippen LogP contribution in [0.1, 0.15) is 28.8 Å². The first kappa shape index (κ1) is 18.2. The summed E-state index contributed by atoms with van der Waals surface area (Å²) in [5.74, 6) is -1.65. The van der Waals surface area contributed by atoms with Crippen LogP contribution in [-0.2, 0) is 6.42 Å². The van der Waals surface area contributed by atoms with E-state index in [0.29, 0.717) is 17.0 Å². The summed E-state index contributed by atoms with van der Waals surface area (Å²) in [5.41, 5.74) is 1.55. The lowest BCUT2D eigenvalue weighted by atomic mass is 9.95. The van der Waals surface area contributed by atoms with E-state index in [4.69, 9.17) is 0 Å². The summed E-state index contributed by atoms with van der Waals surface area (Å²) < 4.78 is 54.6. The predicted octanol–water partition coefficient (Wildman–Crippen LogP) is 5.27. The predicted molar refractivity (Wildman–Crippen MR) is 98.9 cm³/mol. The minimum Gasteiger partial charge on any atom is -0.364 e. The maximum Gasteiger partial charge on any atom is 0.129 e. The van der Waals surface area contributed by atoms with Crippen molar-refractivity contribution >= 4 is 5.84 Å². The van der Waals surface area contributed by atoms with Crippen molar-refractivity contribution in [2.24, 2.45) is 4.99 Å². The quantitative estimate of drug-likeness (QED) is 0.609. The Morgan fingerprint density at radius 1 is 0.750 bits per heavy atom. The van der Waals surface area contributed by atoms with Gasteiger partial charge in [0.15, 0.2) is 0 Å². The average Bonchev–Trinajstić information content (AvgIpc) is 3.08. The van der Waals surface area contributed by atoms with Crippen molar-refractivity contribution in [2.75, 3.05) is 0 Å². The number of amidine groups is 1. The van der Waals surface area contributed by atoms with Crippen molar-refractivity contribution in [3.05, 3.63) is 107 Å². The standard InChI is InChI=1S/C22H16F4N2/c23-16-5-1-3-14(9-16)21-22(15-4-2-6-17(24)10-15)28-20(27-21)11-13-7-8-18(25)12-19(13)26/h1-10,12,21-22H,11H2,(H,27,28)/t21-,22+. The van der Waals surface area contributed by atoms with Crippen LogP contribution in [0.25, 0.3) is 0 Å². The first-order valence-electron chi connectivity index (χ1n) is 8.77. The molecule has 3 aromatic carbocycles. The molecule has 1 N–H and O–H groups in total. The van der Waals surface area contributed by atoms with E-state index < -0.39 is 35.4 Å². The third-order valence-electron chi connectivity index (χ3n) is 4.70. The molecule has 2 atom stereocenters. The summed E-state index contributed by atoms with van der Waals surface area (Å²) in [6.45, 7) is 0. The summed E-state index contributed by atoms with van der Waals surface area (Å²) in [4.78, 5) is 4.60. The molecule has 6 heteroatoms. The van der Waals surface area contributed by atoms with Crippen LogP contribution >= 0.6 is 0 Å². The molecule has 28 heavy (non-hydrogen) atoms. The van der Waals surface area contributed by atoms with Crippen LogP contribution < -0.4 is 5.32 Å². The smallest absolute Gasteiger partial charge is 0.129 e. The fourth-order valence-corrected chi connectivity index (χ4v) is 3.40. The first-order chi connectivity index (χ1) is 13.5. The minimum atomic E-state index is -0.666.